The lowest BCUT2D eigenvalue weighted by Gasteiger charge is -2.22. The van der Waals surface area contributed by atoms with E-state index in [1.54, 1.807) is 0 Å². The van der Waals surface area contributed by atoms with Crippen LogP contribution in [0.5, 0.6) is 0 Å². The molecule has 1 heterocycles. The number of sulfonamides is 1. The smallest absolute Gasteiger partial charge is 0.242 e. The monoisotopic (exact) mass is 306 g/mol. The number of halogens is 2. The van der Waals surface area contributed by atoms with Crippen LogP contribution in [0.15, 0.2) is 23.1 Å². The van der Waals surface area contributed by atoms with E-state index in [1.165, 1.54) is 6.07 Å². The van der Waals surface area contributed by atoms with Crippen molar-refractivity contribution in [1.82, 2.24) is 10.0 Å². The van der Waals surface area contributed by atoms with E-state index in [4.69, 9.17) is 11.6 Å². The molecule has 1 saturated heterocycles. The first-order valence-electron chi connectivity index (χ1n) is 6.14. The Bertz CT molecular complexity index is 545. The van der Waals surface area contributed by atoms with Crippen molar-refractivity contribution in [3.63, 3.8) is 0 Å². The van der Waals surface area contributed by atoms with Gasteiger partial charge in [-0.05, 0) is 50.0 Å². The van der Waals surface area contributed by atoms with Crippen LogP contribution < -0.4 is 10.0 Å². The van der Waals surface area contributed by atoms with Gasteiger partial charge in [0.15, 0.2) is 0 Å². The third-order valence-electron chi connectivity index (χ3n) is 3.14. The molecule has 0 radical (unpaired) electrons. The fourth-order valence-corrected chi connectivity index (χ4v) is 3.74. The Kier molecular flexibility index (Phi) is 4.78. The summed E-state index contributed by atoms with van der Waals surface area (Å²) in [6, 6.07) is 3.26. The highest BCUT2D eigenvalue weighted by Gasteiger charge is 2.21. The Morgan fingerprint density at radius 2 is 2.26 bits per heavy atom. The molecule has 0 amide bonds. The molecule has 1 atom stereocenters. The van der Waals surface area contributed by atoms with E-state index < -0.39 is 15.8 Å². The van der Waals surface area contributed by atoms with Crippen LogP contribution >= 0.6 is 11.6 Å². The summed E-state index contributed by atoms with van der Waals surface area (Å²) in [5, 5.41) is 3.12. The molecule has 1 aliphatic rings. The molecule has 2 rings (SSSR count). The Labute approximate surface area is 117 Å². The molecule has 7 heteroatoms. The average molecular weight is 307 g/mol. The number of hydrogen-bond acceptors (Lipinski definition) is 3. The SMILES string of the molecule is O=S(=O)(NCC1CCCNC1)c1ccc(F)cc1Cl. The second-order valence-corrected chi connectivity index (χ2v) is 6.78. The normalized spacial score (nSPS) is 20.4. The summed E-state index contributed by atoms with van der Waals surface area (Å²) >= 11 is 5.76. The van der Waals surface area contributed by atoms with Gasteiger partial charge in [0.2, 0.25) is 10.0 Å². The van der Waals surface area contributed by atoms with Gasteiger partial charge >= 0.3 is 0 Å². The lowest BCUT2D eigenvalue weighted by Crippen LogP contribution is -2.38. The zero-order valence-electron chi connectivity index (χ0n) is 10.3. The highest BCUT2D eigenvalue weighted by Crippen LogP contribution is 2.22. The van der Waals surface area contributed by atoms with Crippen LogP contribution in [0.25, 0.3) is 0 Å². The van der Waals surface area contributed by atoms with E-state index in [0.717, 1.165) is 38.1 Å². The van der Waals surface area contributed by atoms with E-state index in [2.05, 4.69) is 10.0 Å². The zero-order chi connectivity index (χ0) is 13.9. The quantitative estimate of drug-likeness (QED) is 0.891. The fraction of sp³-hybridized carbons (Fsp3) is 0.500. The molecule has 0 saturated carbocycles. The van der Waals surface area contributed by atoms with E-state index >= 15 is 0 Å². The summed E-state index contributed by atoms with van der Waals surface area (Å²) in [5.41, 5.74) is 0. The minimum absolute atomic E-state index is 0.0839. The van der Waals surface area contributed by atoms with Crippen molar-refractivity contribution >= 4 is 21.6 Å². The molecule has 0 aromatic heterocycles. The highest BCUT2D eigenvalue weighted by atomic mass is 35.5. The minimum atomic E-state index is -3.68. The number of benzene rings is 1. The first-order chi connectivity index (χ1) is 8.99. The van der Waals surface area contributed by atoms with Crippen LogP contribution in [0.3, 0.4) is 0 Å². The molecule has 1 aromatic rings. The zero-order valence-corrected chi connectivity index (χ0v) is 11.9. The topological polar surface area (TPSA) is 58.2 Å². The Morgan fingerprint density at radius 3 is 2.89 bits per heavy atom. The third kappa shape index (κ3) is 3.89. The van der Waals surface area contributed by atoms with Crippen molar-refractivity contribution in [3.05, 3.63) is 29.0 Å². The van der Waals surface area contributed by atoms with Crippen LogP contribution in [0.1, 0.15) is 12.8 Å². The summed E-state index contributed by atoms with van der Waals surface area (Å²) in [7, 11) is -3.68. The summed E-state index contributed by atoms with van der Waals surface area (Å²) in [6.07, 6.45) is 2.04. The second kappa shape index (κ2) is 6.17. The molecule has 2 N–H and O–H groups in total. The summed E-state index contributed by atoms with van der Waals surface area (Å²) in [6.45, 7) is 2.15. The van der Waals surface area contributed by atoms with Crippen molar-refractivity contribution in [2.24, 2.45) is 5.92 Å². The molecule has 0 aliphatic carbocycles. The van der Waals surface area contributed by atoms with E-state index in [-0.39, 0.29) is 15.8 Å². The largest absolute Gasteiger partial charge is 0.316 e. The maximum Gasteiger partial charge on any atom is 0.242 e. The van der Waals surface area contributed by atoms with E-state index in [1.807, 2.05) is 0 Å². The average Bonchev–Trinajstić information content (AvgIpc) is 2.37. The first-order valence-corrected chi connectivity index (χ1v) is 8.00. The Morgan fingerprint density at radius 1 is 1.47 bits per heavy atom. The molecule has 1 aliphatic heterocycles. The van der Waals surface area contributed by atoms with Crippen molar-refractivity contribution in [2.45, 2.75) is 17.7 Å². The van der Waals surface area contributed by atoms with Crippen molar-refractivity contribution in [3.8, 4) is 0 Å². The van der Waals surface area contributed by atoms with Gasteiger partial charge in [0, 0.05) is 6.54 Å². The van der Waals surface area contributed by atoms with Gasteiger partial charge in [-0.25, -0.2) is 17.5 Å². The maximum atomic E-state index is 12.9. The molecule has 106 valence electrons. The van der Waals surface area contributed by atoms with E-state index in [9.17, 15) is 12.8 Å². The molecular formula is C12H16ClFN2O2S. The van der Waals surface area contributed by atoms with Gasteiger partial charge in [0.25, 0.3) is 0 Å². The predicted octanol–water partition coefficient (Wildman–Crippen LogP) is 1.76. The van der Waals surface area contributed by atoms with Crippen LogP contribution in [0, 0.1) is 11.7 Å². The second-order valence-electron chi connectivity index (χ2n) is 4.64. The van der Waals surface area contributed by atoms with Crippen molar-refractivity contribution < 1.29 is 12.8 Å². The summed E-state index contributed by atoms with van der Waals surface area (Å²) < 4.78 is 39.6. The van der Waals surface area contributed by atoms with Gasteiger partial charge in [0.05, 0.1) is 5.02 Å². The number of hydrogen-bond donors (Lipinski definition) is 2. The molecule has 1 unspecified atom stereocenters. The maximum absolute atomic E-state index is 12.9. The number of rotatable bonds is 4. The minimum Gasteiger partial charge on any atom is -0.316 e. The summed E-state index contributed by atoms with van der Waals surface area (Å²) in [4.78, 5) is -0.0839. The Balaban J connectivity index is 2.05. The molecule has 0 bridgehead atoms. The lowest BCUT2D eigenvalue weighted by molar-refractivity contribution is 0.376. The highest BCUT2D eigenvalue weighted by molar-refractivity contribution is 7.89. The molecule has 4 nitrogen and oxygen atoms in total. The third-order valence-corrected chi connectivity index (χ3v) is 5.05. The molecule has 19 heavy (non-hydrogen) atoms. The molecular weight excluding hydrogens is 291 g/mol. The first kappa shape index (κ1) is 14.7. The van der Waals surface area contributed by atoms with Crippen LogP contribution in [0.4, 0.5) is 4.39 Å². The van der Waals surface area contributed by atoms with Gasteiger partial charge in [0.1, 0.15) is 10.7 Å². The van der Waals surface area contributed by atoms with Gasteiger partial charge in [-0.1, -0.05) is 11.6 Å². The lowest BCUT2D eigenvalue weighted by atomic mass is 10.0. The number of nitrogens with one attached hydrogen (secondary N) is 2. The molecule has 1 fully saturated rings. The molecule has 1 aromatic carbocycles. The standard InChI is InChI=1S/C12H16ClFN2O2S/c13-11-6-10(14)3-4-12(11)19(17,18)16-8-9-2-1-5-15-7-9/h3-4,6,9,15-16H,1-2,5,7-8H2. The Hall–Kier alpha value is -0.690. The van der Waals surface area contributed by atoms with Gasteiger partial charge in [-0.3, -0.25) is 0 Å². The predicted molar refractivity (Wildman–Crippen MR) is 72.2 cm³/mol. The van der Waals surface area contributed by atoms with Gasteiger partial charge in [-0.2, -0.15) is 0 Å². The van der Waals surface area contributed by atoms with Crippen molar-refractivity contribution in [1.29, 1.82) is 0 Å². The molecule has 0 spiro atoms. The van der Waals surface area contributed by atoms with Crippen molar-refractivity contribution in [2.75, 3.05) is 19.6 Å². The number of piperidine rings is 1. The van der Waals surface area contributed by atoms with E-state index in [0.29, 0.717) is 6.54 Å². The van der Waals surface area contributed by atoms with Gasteiger partial charge in [-0.15, -0.1) is 0 Å². The summed E-state index contributed by atoms with van der Waals surface area (Å²) in [5.74, 6) is -0.275. The van der Waals surface area contributed by atoms with Crippen LogP contribution in [0.2, 0.25) is 5.02 Å². The fourth-order valence-electron chi connectivity index (χ4n) is 2.10. The van der Waals surface area contributed by atoms with Gasteiger partial charge < -0.3 is 5.32 Å². The van der Waals surface area contributed by atoms with Crippen LogP contribution in [-0.4, -0.2) is 28.1 Å². The van der Waals surface area contributed by atoms with Crippen LogP contribution in [-0.2, 0) is 10.0 Å².